The van der Waals surface area contributed by atoms with Crippen LogP contribution in [0.4, 0.5) is 0 Å². The smallest absolute Gasteiger partial charge is 0.257 e. The molecule has 1 aromatic heterocycles. The Morgan fingerprint density at radius 3 is 2.40 bits per heavy atom. The molecule has 0 aliphatic carbocycles. The quantitative estimate of drug-likeness (QED) is 0.727. The van der Waals surface area contributed by atoms with E-state index < -0.39 is 0 Å². The number of amides is 1. The van der Waals surface area contributed by atoms with Crippen LogP contribution in [-0.4, -0.2) is 39.2 Å². The molecular formula is C19H31N3O2S. The molecule has 1 unspecified atom stereocenters. The Hall–Kier alpha value is -1.30. The van der Waals surface area contributed by atoms with Crippen LogP contribution in [0.25, 0.3) is 0 Å². The number of hydrogen-bond donors (Lipinski definition) is 0. The first-order chi connectivity index (χ1) is 11.7. The normalized spacial score (nSPS) is 17.0. The van der Waals surface area contributed by atoms with Crippen molar-refractivity contribution in [1.29, 1.82) is 0 Å². The highest BCUT2D eigenvalue weighted by molar-refractivity contribution is 7.99. The minimum Gasteiger partial charge on any atom is -0.342 e. The highest BCUT2D eigenvalue weighted by Gasteiger charge is 2.31. The van der Waals surface area contributed by atoms with E-state index in [-0.39, 0.29) is 17.4 Å². The number of rotatable bonds is 6. The van der Waals surface area contributed by atoms with Gasteiger partial charge in [-0.3, -0.25) is 14.2 Å². The highest BCUT2D eigenvalue weighted by atomic mass is 32.2. The van der Waals surface area contributed by atoms with E-state index in [1.807, 2.05) is 18.7 Å². The van der Waals surface area contributed by atoms with E-state index in [2.05, 4.69) is 32.7 Å². The summed E-state index contributed by atoms with van der Waals surface area (Å²) in [6.07, 6.45) is 0.675. The van der Waals surface area contributed by atoms with Crippen molar-refractivity contribution in [2.45, 2.75) is 59.7 Å². The van der Waals surface area contributed by atoms with Crippen LogP contribution >= 0.6 is 11.8 Å². The van der Waals surface area contributed by atoms with Crippen molar-refractivity contribution in [3.8, 4) is 0 Å². The third kappa shape index (κ3) is 4.66. The van der Waals surface area contributed by atoms with Crippen molar-refractivity contribution >= 4 is 17.7 Å². The van der Waals surface area contributed by atoms with Crippen LogP contribution in [0.3, 0.4) is 0 Å². The van der Waals surface area contributed by atoms with Gasteiger partial charge in [-0.25, -0.2) is 4.98 Å². The summed E-state index contributed by atoms with van der Waals surface area (Å²) in [6, 6.07) is 0. The molecule has 1 aliphatic heterocycles. The third-order valence-electron chi connectivity index (χ3n) is 4.44. The van der Waals surface area contributed by atoms with Crippen LogP contribution in [0.5, 0.6) is 0 Å². The molecule has 2 heterocycles. The summed E-state index contributed by atoms with van der Waals surface area (Å²) in [5.41, 5.74) is 1.60. The molecule has 5 nitrogen and oxygen atoms in total. The Bertz CT molecular complexity index is 672. The lowest BCUT2D eigenvalue weighted by molar-refractivity contribution is -0.136. The van der Waals surface area contributed by atoms with Gasteiger partial charge in [-0.1, -0.05) is 46.4 Å². The maximum atomic E-state index is 13.1. The van der Waals surface area contributed by atoms with Gasteiger partial charge in [-0.05, 0) is 25.2 Å². The number of thioether (sulfide) groups is 1. The zero-order chi connectivity index (χ0) is 18.7. The van der Waals surface area contributed by atoms with Crippen LogP contribution < -0.4 is 5.56 Å². The number of aromatic nitrogens is 2. The van der Waals surface area contributed by atoms with Crippen LogP contribution in [-0.2, 0) is 17.8 Å². The predicted molar refractivity (Wildman–Crippen MR) is 103 cm³/mol. The molecule has 1 aromatic rings. The zero-order valence-electron chi connectivity index (χ0n) is 16.3. The van der Waals surface area contributed by atoms with Crippen molar-refractivity contribution in [1.82, 2.24) is 14.5 Å². The Labute approximate surface area is 155 Å². The van der Waals surface area contributed by atoms with E-state index in [0.29, 0.717) is 30.6 Å². The van der Waals surface area contributed by atoms with E-state index in [4.69, 9.17) is 0 Å². The number of aryl methyl sites for hydroxylation is 1. The maximum absolute atomic E-state index is 13.1. The molecule has 140 valence electrons. The monoisotopic (exact) mass is 365 g/mol. The summed E-state index contributed by atoms with van der Waals surface area (Å²) < 4.78 is 1.71. The van der Waals surface area contributed by atoms with E-state index in [1.54, 1.807) is 4.57 Å². The number of hydrogen-bond acceptors (Lipinski definition) is 4. The molecule has 1 atom stereocenters. The molecule has 0 saturated carbocycles. The number of nitrogens with zero attached hydrogens (tertiary/aromatic N) is 3. The van der Waals surface area contributed by atoms with E-state index >= 15 is 0 Å². The van der Waals surface area contributed by atoms with Gasteiger partial charge in [0.05, 0.1) is 5.92 Å². The lowest BCUT2D eigenvalue weighted by Gasteiger charge is -2.32. The minimum absolute atomic E-state index is 0.0225. The standard InChI is InChI=1S/C19H31N3O2S/c1-7-16-14(6)20-19-22(18(16)24)10-15(11-25-19)17(23)21(8-12(2)3)9-13(4)5/h12-13,15H,7-11H2,1-6H3. The fourth-order valence-electron chi connectivity index (χ4n) is 3.35. The summed E-state index contributed by atoms with van der Waals surface area (Å²) in [7, 11) is 0. The Balaban J connectivity index is 2.25. The fraction of sp³-hybridized carbons (Fsp3) is 0.737. The second-order valence-electron chi connectivity index (χ2n) is 7.77. The summed E-state index contributed by atoms with van der Waals surface area (Å²) in [4.78, 5) is 32.4. The third-order valence-corrected chi connectivity index (χ3v) is 5.58. The van der Waals surface area contributed by atoms with Crippen molar-refractivity contribution in [2.75, 3.05) is 18.8 Å². The lowest BCUT2D eigenvalue weighted by Crippen LogP contribution is -2.45. The molecule has 1 aliphatic rings. The molecule has 6 heteroatoms. The van der Waals surface area contributed by atoms with E-state index in [1.165, 1.54) is 11.8 Å². The molecule has 2 rings (SSSR count). The number of carbonyl (C=O) groups excluding carboxylic acids is 1. The molecular weight excluding hydrogens is 334 g/mol. The van der Waals surface area contributed by atoms with Crippen molar-refractivity contribution < 1.29 is 4.79 Å². The van der Waals surface area contributed by atoms with E-state index in [9.17, 15) is 9.59 Å². The van der Waals surface area contributed by atoms with Crippen LogP contribution in [0, 0.1) is 24.7 Å². The second-order valence-corrected chi connectivity index (χ2v) is 8.75. The van der Waals surface area contributed by atoms with Crippen molar-refractivity contribution in [3.63, 3.8) is 0 Å². The first-order valence-corrected chi connectivity index (χ1v) is 10.2. The SMILES string of the molecule is CCc1c(C)nc2n(c1=O)CC(C(=O)N(CC(C)C)CC(C)C)CS2. The molecule has 0 spiro atoms. The van der Waals surface area contributed by atoms with Gasteiger partial charge in [0.25, 0.3) is 5.56 Å². The first kappa shape index (κ1) is 20.0. The van der Waals surface area contributed by atoms with Gasteiger partial charge in [0.2, 0.25) is 5.91 Å². The molecule has 0 saturated heterocycles. The first-order valence-electron chi connectivity index (χ1n) is 9.26. The fourth-order valence-corrected chi connectivity index (χ4v) is 4.46. The van der Waals surface area contributed by atoms with Crippen LogP contribution in [0.2, 0.25) is 0 Å². The molecule has 25 heavy (non-hydrogen) atoms. The second kappa shape index (κ2) is 8.39. The summed E-state index contributed by atoms with van der Waals surface area (Å²) in [5, 5.41) is 0.753. The van der Waals surface area contributed by atoms with Gasteiger partial charge in [0.15, 0.2) is 5.16 Å². The summed E-state index contributed by atoms with van der Waals surface area (Å²) >= 11 is 1.53. The molecule has 0 aromatic carbocycles. The molecule has 1 amide bonds. The highest BCUT2D eigenvalue weighted by Crippen LogP contribution is 2.27. The molecule has 0 N–H and O–H groups in total. The van der Waals surface area contributed by atoms with Crippen LogP contribution in [0.1, 0.15) is 45.9 Å². The van der Waals surface area contributed by atoms with Gasteiger partial charge < -0.3 is 4.90 Å². The predicted octanol–water partition coefficient (Wildman–Crippen LogP) is 2.98. The average molecular weight is 366 g/mol. The Morgan fingerprint density at radius 2 is 1.88 bits per heavy atom. The van der Waals surface area contributed by atoms with Crippen molar-refractivity contribution in [2.24, 2.45) is 17.8 Å². The average Bonchev–Trinajstić information content (AvgIpc) is 2.53. The zero-order valence-corrected chi connectivity index (χ0v) is 17.2. The maximum Gasteiger partial charge on any atom is 0.257 e. The van der Waals surface area contributed by atoms with Gasteiger partial charge in [0, 0.05) is 36.6 Å². The molecule has 0 radical (unpaired) electrons. The van der Waals surface area contributed by atoms with Gasteiger partial charge in [-0.15, -0.1) is 0 Å². The lowest BCUT2D eigenvalue weighted by atomic mass is 10.1. The topological polar surface area (TPSA) is 55.2 Å². The van der Waals surface area contributed by atoms with Crippen LogP contribution in [0.15, 0.2) is 9.95 Å². The summed E-state index contributed by atoms with van der Waals surface area (Å²) in [5.74, 6) is 1.59. The van der Waals surface area contributed by atoms with Crippen molar-refractivity contribution in [3.05, 3.63) is 21.6 Å². The van der Waals surface area contributed by atoms with E-state index in [0.717, 1.165) is 29.5 Å². The van der Waals surface area contributed by atoms with Gasteiger partial charge in [0.1, 0.15) is 0 Å². The molecule has 0 fully saturated rings. The van der Waals surface area contributed by atoms with Gasteiger partial charge >= 0.3 is 0 Å². The Kier molecular flexibility index (Phi) is 6.72. The van der Waals surface area contributed by atoms with Gasteiger partial charge in [-0.2, -0.15) is 0 Å². The molecule has 0 bridgehead atoms. The largest absolute Gasteiger partial charge is 0.342 e. The number of fused-ring (bicyclic) bond motifs is 1. The minimum atomic E-state index is -0.151. The Morgan fingerprint density at radius 1 is 1.28 bits per heavy atom. The summed E-state index contributed by atoms with van der Waals surface area (Å²) in [6.45, 7) is 14.4. The number of carbonyl (C=O) groups is 1.